The number of imidazole rings is 1. The molecule has 0 radical (unpaired) electrons. The standard InChI is InChI=1S/C31H35F3N6O/c1-5-22-16-21(2)17-26(18-22)41-30-35-12-10-27(37-30)29-28(23-6-8-24(9-7-23)31(32,33)34)36-20-40(29)25-11-13-39(19-25)15-14-38(3)4/h6-10,12,16-18,20,25H,5,11,13-15,19H2,1-4H3/t25-/m0/s1. The van der Waals surface area contributed by atoms with Gasteiger partial charge in [0.1, 0.15) is 5.75 Å². The number of alkyl halides is 3. The van der Waals surface area contributed by atoms with Gasteiger partial charge in [-0.15, -0.1) is 0 Å². The first-order chi connectivity index (χ1) is 19.6. The van der Waals surface area contributed by atoms with E-state index in [-0.39, 0.29) is 12.1 Å². The van der Waals surface area contributed by atoms with Gasteiger partial charge in [0.2, 0.25) is 0 Å². The van der Waals surface area contributed by atoms with Crippen LogP contribution < -0.4 is 4.74 Å². The summed E-state index contributed by atoms with van der Waals surface area (Å²) in [5.74, 6) is 0.655. The van der Waals surface area contributed by atoms with Crippen molar-refractivity contribution < 1.29 is 17.9 Å². The summed E-state index contributed by atoms with van der Waals surface area (Å²) >= 11 is 0. The number of hydrogen-bond donors (Lipinski definition) is 0. The Hall–Kier alpha value is -3.76. The molecule has 0 amide bonds. The maximum atomic E-state index is 13.3. The highest BCUT2D eigenvalue weighted by molar-refractivity contribution is 5.77. The third kappa shape index (κ3) is 6.77. The number of benzene rings is 2. The predicted octanol–water partition coefficient (Wildman–Crippen LogP) is 6.50. The van der Waals surface area contributed by atoms with Gasteiger partial charge in [-0.05, 0) is 75.3 Å². The van der Waals surface area contributed by atoms with E-state index in [9.17, 15) is 13.2 Å². The Morgan fingerprint density at radius 2 is 1.83 bits per heavy atom. The lowest BCUT2D eigenvalue weighted by Gasteiger charge is -2.20. The van der Waals surface area contributed by atoms with Gasteiger partial charge in [0.05, 0.1) is 29.0 Å². The average molecular weight is 565 g/mol. The highest BCUT2D eigenvalue weighted by Crippen LogP contribution is 2.37. The van der Waals surface area contributed by atoms with E-state index in [4.69, 9.17) is 14.7 Å². The van der Waals surface area contributed by atoms with Gasteiger partial charge in [0, 0.05) is 44.0 Å². The Bertz CT molecular complexity index is 1480. The second-order valence-electron chi connectivity index (χ2n) is 10.8. The van der Waals surface area contributed by atoms with Gasteiger partial charge in [0.25, 0.3) is 0 Å². The van der Waals surface area contributed by atoms with E-state index in [0.29, 0.717) is 22.7 Å². The Morgan fingerprint density at radius 1 is 1.05 bits per heavy atom. The van der Waals surface area contributed by atoms with Gasteiger partial charge in [-0.2, -0.15) is 18.2 Å². The molecule has 1 aliphatic rings. The number of ether oxygens (including phenoxy) is 1. The molecular formula is C31H35F3N6O. The van der Waals surface area contributed by atoms with Gasteiger partial charge >= 0.3 is 12.2 Å². The van der Waals surface area contributed by atoms with Crippen LogP contribution in [0.15, 0.2) is 61.1 Å². The molecule has 2 aromatic heterocycles. The van der Waals surface area contributed by atoms with Gasteiger partial charge in [-0.25, -0.2) is 9.97 Å². The second kappa shape index (κ2) is 12.0. The van der Waals surface area contributed by atoms with Crippen LogP contribution in [0.3, 0.4) is 0 Å². The van der Waals surface area contributed by atoms with E-state index in [2.05, 4.69) is 46.4 Å². The molecule has 216 valence electrons. The molecule has 0 aliphatic carbocycles. The predicted molar refractivity (Wildman–Crippen MR) is 153 cm³/mol. The van der Waals surface area contributed by atoms with Crippen molar-refractivity contribution in [2.75, 3.05) is 40.3 Å². The molecular weight excluding hydrogens is 529 g/mol. The molecule has 41 heavy (non-hydrogen) atoms. The number of halogens is 3. The molecule has 0 saturated carbocycles. The Kier molecular flexibility index (Phi) is 8.42. The van der Waals surface area contributed by atoms with E-state index in [1.54, 1.807) is 18.6 Å². The summed E-state index contributed by atoms with van der Waals surface area (Å²) in [4.78, 5) is 18.4. The molecule has 1 aliphatic heterocycles. The van der Waals surface area contributed by atoms with Crippen LogP contribution in [0.4, 0.5) is 13.2 Å². The highest BCUT2D eigenvalue weighted by Gasteiger charge is 2.31. The van der Waals surface area contributed by atoms with Gasteiger partial charge < -0.3 is 14.2 Å². The van der Waals surface area contributed by atoms with Crippen molar-refractivity contribution in [3.8, 4) is 34.4 Å². The topological polar surface area (TPSA) is 59.3 Å². The van der Waals surface area contributed by atoms with Crippen LogP contribution in [-0.2, 0) is 12.6 Å². The SMILES string of the molecule is CCc1cc(C)cc(Oc2nccc(-c3c(-c4ccc(C(F)(F)F)cc4)ncn3[C@H]3CCN(CCN(C)C)C3)n2)c1. The second-order valence-corrected chi connectivity index (χ2v) is 10.8. The van der Waals surface area contributed by atoms with Gasteiger partial charge in [-0.3, -0.25) is 4.90 Å². The summed E-state index contributed by atoms with van der Waals surface area (Å²) in [6.07, 6.45) is 0.814. The summed E-state index contributed by atoms with van der Waals surface area (Å²) in [7, 11) is 4.12. The van der Waals surface area contributed by atoms with Crippen LogP contribution in [0.5, 0.6) is 11.8 Å². The van der Waals surface area contributed by atoms with Crippen molar-refractivity contribution in [2.24, 2.45) is 0 Å². The van der Waals surface area contributed by atoms with E-state index < -0.39 is 11.7 Å². The summed E-state index contributed by atoms with van der Waals surface area (Å²) in [6.45, 7) is 7.83. The lowest BCUT2D eigenvalue weighted by atomic mass is 10.1. The molecule has 7 nitrogen and oxygen atoms in total. The Labute approximate surface area is 238 Å². The normalized spacial score (nSPS) is 16.0. The zero-order chi connectivity index (χ0) is 29.1. The van der Waals surface area contributed by atoms with Crippen molar-refractivity contribution in [3.05, 3.63) is 77.7 Å². The van der Waals surface area contributed by atoms with E-state index >= 15 is 0 Å². The van der Waals surface area contributed by atoms with Crippen LogP contribution >= 0.6 is 0 Å². The Morgan fingerprint density at radius 3 is 2.54 bits per heavy atom. The molecule has 0 N–H and O–H groups in total. The maximum absolute atomic E-state index is 13.3. The molecule has 0 spiro atoms. The van der Waals surface area contributed by atoms with Crippen molar-refractivity contribution in [2.45, 2.75) is 38.9 Å². The molecule has 0 unspecified atom stereocenters. The molecule has 2 aromatic carbocycles. The molecule has 3 heterocycles. The lowest BCUT2D eigenvalue weighted by molar-refractivity contribution is -0.137. The molecule has 10 heteroatoms. The number of nitrogens with zero attached hydrogens (tertiary/aromatic N) is 6. The minimum Gasteiger partial charge on any atom is -0.424 e. The van der Waals surface area contributed by atoms with Crippen molar-refractivity contribution in [1.29, 1.82) is 0 Å². The lowest BCUT2D eigenvalue weighted by Crippen LogP contribution is -2.30. The first-order valence-corrected chi connectivity index (χ1v) is 13.8. The first kappa shape index (κ1) is 28.8. The third-order valence-corrected chi connectivity index (χ3v) is 7.39. The summed E-state index contributed by atoms with van der Waals surface area (Å²) in [5, 5.41) is 0. The van der Waals surface area contributed by atoms with Gasteiger partial charge in [-0.1, -0.05) is 25.1 Å². The number of hydrogen-bond acceptors (Lipinski definition) is 6. The zero-order valence-electron chi connectivity index (χ0n) is 23.8. The average Bonchev–Trinajstić information content (AvgIpc) is 3.59. The Balaban J connectivity index is 1.52. The van der Waals surface area contributed by atoms with Crippen molar-refractivity contribution in [3.63, 3.8) is 0 Å². The summed E-state index contributed by atoms with van der Waals surface area (Å²) < 4.78 is 48.0. The van der Waals surface area contributed by atoms with Crippen LogP contribution in [0.1, 0.15) is 36.1 Å². The highest BCUT2D eigenvalue weighted by atomic mass is 19.4. The molecule has 1 fully saturated rings. The summed E-state index contributed by atoms with van der Waals surface area (Å²) in [5.41, 5.74) is 4.02. The number of rotatable bonds is 9. The number of likely N-dealkylation sites (N-methyl/N-ethyl adjacent to an activating group) is 1. The minimum absolute atomic E-state index is 0.145. The smallest absolute Gasteiger partial charge is 0.416 e. The molecule has 4 aromatic rings. The molecule has 0 bridgehead atoms. The van der Waals surface area contributed by atoms with Crippen LogP contribution in [0.25, 0.3) is 22.6 Å². The van der Waals surface area contributed by atoms with Crippen LogP contribution in [0, 0.1) is 6.92 Å². The summed E-state index contributed by atoms with van der Waals surface area (Å²) in [6, 6.07) is 13.3. The number of likely N-dealkylation sites (tertiary alicyclic amines) is 1. The largest absolute Gasteiger partial charge is 0.424 e. The quantitative estimate of drug-likeness (QED) is 0.231. The van der Waals surface area contributed by atoms with Crippen molar-refractivity contribution in [1.82, 2.24) is 29.3 Å². The maximum Gasteiger partial charge on any atom is 0.416 e. The molecule has 5 rings (SSSR count). The van der Waals surface area contributed by atoms with E-state index in [1.165, 1.54) is 12.1 Å². The van der Waals surface area contributed by atoms with Crippen LogP contribution in [0.2, 0.25) is 0 Å². The fourth-order valence-corrected chi connectivity index (χ4v) is 5.22. The van der Waals surface area contributed by atoms with Crippen molar-refractivity contribution >= 4 is 0 Å². The number of aromatic nitrogens is 4. The van der Waals surface area contributed by atoms with E-state index in [0.717, 1.165) is 68.0 Å². The third-order valence-electron chi connectivity index (χ3n) is 7.39. The fraction of sp³-hybridized carbons (Fsp3) is 0.387. The molecule has 1 atom stereocenters. The van der Waals surface area contributed by atoms with E-state index in [1.807, 2.05) is 19.1 Å². The fourth-order valence-electron chi connectivity index (χ4n) is 5.22. The monoisotopic (exact) mass is 564 g/mol. The minimum atomic E-state index is -4.41. The van der Waals surface area contributed by atoms with Gasteiger partial charge in [0.15, 0.2) is 0 Å². The number of aryl methyl sites for hydroxylation is 2. The first-order valence-electron chi connectivity index (χ1n) is 13.8. The molecule has 1 saturated heterocycles. The van der Waals surface area contributed by atoms with Crippen LogP contribution in [-0.4, -0.2) is 69.6 Å². The zero-order valence-corrected chi connectivity index (χ0v) is 23.8.